The molecule has 0 aromatic heterocycles. The summed E-state index contributed by atoms with van der Waals surface area (Å²) in [5, 5.41) is 15.9. The number of hydrogen-bond donors (Lipinski definition) is 3. The van der Waals surface area contributed by atoms with E-state index in [-0.39, 0.29) is 17.9 Å². The average Bonchev–Trinajstić information content (AvgIpc) is 2.65. The van der Waals surface area contributed by atoms with Crippen LogP contribution in [0.1, 0.15) is 18.5 Å². The molecule has 1 aliphatic rings. The fourth-order valence-electron chi connectivity index (χ4n) is 3.55. The van der Waals surface area contributed by atoms with Gasteiger partial charge in [0.05, 0.1) is 19.8 Å². The minimum absolute atomic E-state index is 0.160. The molecule has 0 saturated carbocycles. The third-order valence-corrected chi connectivity index (χ3v) is 5.03. The number of halogens is 3. The van der Waals surface area contributed by atoms with E-state index in [1.165, 1.54) is 14.0 Å². The van der Waals surface area contributed by atoms with Gasteiger partial charge in [0.15, 0.2) is 5.11 Å². The number of aliphatic hydroxyl groups is 1. The second kappa shape index (κ2) is 7.68. The van der Waals surface area contributed by atoms with Crippen LogP contribution in [0.3, 0.4) is 0 Å². The van der Waals surface area contributed by atoms with Crippen molar-refractivity contribution in [1.82, 2.24) is 10.6 Å². The molecule has 1 heterocycles. The van der Waals surface area contributed by atoms with E-state index in [4.69, 9.17) is 21.7 Å². The Morgan fingerprint density at radius 1 is 1.28 bits per heavy atom. The van der Waals surface area contributed by atoms with Gasteiger partial charge in [0.2, 0.25) is 0 Å². The molecule has 0 bridgehead atoms. The molecule has 6 nitrogen and oxygen atoms in total. The van der Waals surface area contributed by atoms with Crippen LogP contribution in [0.4, 0.5) is 13.2 Å². The van der Waals surface area contributed by atoms with E-state index in [2.05, 4.69) is 5.32 Å². The van der Waals surface area contributed by atoms with E-state index >= 15 is 0 Å². The Labute approximate surface area is 170 Å². The zero-order valence-electron chi connectivity index (χ0n) is 15.5. The maximum atomic E-state index is 13.9. The molecule has 0 radical (unpaired) electrons. The number of nitrogens with one attached hydrogen (secondary N) is 2. The Bertz CT molecular complexity index is 953. The van der Waals surface area contributed by atoms with Crippen molar-refractivity contribution in [2.24, 2.45) is 5.92 Å². The number of carbonyl (C=O) groups is 1. The van der Waals surface area contributed by atoms with Gasteiger partial charge in [-0.15, -0.1) is 0 Å². The highest BCUT2D eigenvalue weighted by atomic mass is 32.1. The van der Waals surface area contributed by atoms with Crippen molar-refractivity contribution in [3.8, 4) is 5.75 Å². The quantitative estimate of drug-likeness (QED) is 0.511. The predicted molar refractivity (Wildman–Crippen MR) is 103 cm³/mol. The molecule has 10 heteroatoms. The summed E-state index contributed by atoms with van der Waals surface area (Å²) >= 11 is 4.93. The molecule has 1 fully saturated rings. The summed E-state index contributed by atoms with van der Waals surface area (Å²) in [4.78, 5) is 12.6. The van der Waals surface area contributed by atoms with Crippen LogP contribution in [-0.2, 0) is 9.53 Å². The maximum absolute atomic E-state index is 13.9. The zero-order valence-corrected chi connectivity index (χ0v) is 16.4. The van der Waals surface area contributed by atoms with E-state index < -0.39 is 34.9 Å². The number of rotatable bonds is 4. The molecular weight excluding hydrogens is 409 g/mol. The Kier molecular flexibility index (Phi) is 5.59. The molecule has 1 saturated heterocycles. The summed E-state index contributed by atoms with van der Waals surface area (Å²) in [7, 11) is 1.36. The lowest BCUT2D eigenvalue weighted by molar-refractivity contribution is -0.292. The van der Waals surface area contributed by atoms with E-state index in [0.717, 1.165) is 0 Å². The molecule has 0 aliphatic carbocycles. The van der Waals surface area contributed by atoms with Crippen LogP contribution in [0.5, 0.6) is 5.75 Å². The summed E-state index contributed by atoms with van der Waals surface area (Å²) in [5.41, 5.74) is -3.37. The van der Waals surface area contributed by atoms with Crippen LogP contribution in [0.2, 0.25) is 0 Å². The first kappa shape index (κ1) is 21.1. The lowest BCUT2D eigenvalue weighted by Crippen LogP contribution is -2.73. The Morgan fingerprint density at radius 2 is 1.97 bits per heavy atom. The topological polar surface area (TPSA) is 79.8 Å². The molecular formula is C19H19F3N2O4S. The molecule has 2 aromatic rings. The summed E-state index contributed by atoms with van der Waals surface area (Å²) in [5.74, 6) is -3.08. The summed E-state index contributed by atoms with van der Waals surface area (Å²) in [6.07, 6.45) is -5.22. The van der Waals surface area contributed by atoms with Gasteiger partial charge >= 0.3 is 12.1 Å². The van der Waals surface area contributed by atoms with Gasteiger partial charge in [-0.2, -0.15) is 13.2 Å². The number of alkyl halides is 3. The standard InChI is InChI=1S/C19H19F3N2O4S/c1-3-28-16(25)14-15(23-17(29)24-18(14,26)19(20,21)22)13-11-7-5-4-6-10(11)8-9-12(13)27-2/h4-9,14-15,26H,3H2,1-2H3,(H2,23,24,29)/t14-,15-,18-/m0/s1. The molecule has 3 rings (SSSR count). The van der Waals surface area contributed by atoms with Crippen molar-refractivity contribution in [3.05, 3.63) is 42.0 Å². The van der Waals surface area contributed by atoms with Gasteiger partial charge in [0.25, 0.3) is 5.72 Å². The largest absolute Gasteiger partial charge is 0.496 e. The van der Waals surface area contributed by atoms with Gasteiger partial charge < -0.3 is 25.2 Å². The van der Waals surface area contributed by atoms with Gasteiger partial charge in [0.1, 0.15) is 11.7 Å². The van der Waals surface area contributed by atoms with Gasteiger partial charge in [-0.05, 0) is 36.0 Å². The van der Waals surface area contributed by atoms with Gasteiger partial charge in [-0.3, -0.25) is 4.79 Å². The minimum Gasteiger partial charge on any atom is -0.496 e. The Hall–Kier alpha value is -2.59. The summed E-state index contributed by atoms with van der Waals surface area (Å²) < 4.78 is 51.9. The highest BCUT2D eigenvalue weighted by molar-refractivity contribution is 7.80. The molecule has 3 N–H and O–H groups in total. The summed E-state index contributed by atoms with van der Waals surface area (Å²) in [6.45, 7) is 1.31. The van der Waals surface area contributed by atoms with E-state index in [1.54, 1.807) is 36.4 Å². The molecule has 2 aromatic carbocycles. The Morgan fingerprint density at radius 3 is 2.59 bits per heavy atom. The molecule has 29 heavy (non-hydrogen) atoms. The second-order valence-corrected chi connectivity index (χ2v) is 6.88. The number of hydrogen-bond acceptors (Lipinski definition) is 5. The van der Waals surface area contributed by atoms with Crippen molar-refractivity contribution in [1.29, 1.82) is 0 Å². The SMILES string of the molecule is CCOC(=O)[C@@H]1[C@H](c2c(OC)ccc3ccccc23)NC(=S)N[C@@]1(O)C(F)(F)F. The third kappa shape index (κ3) is 3.58. The number of benzene rings is 2. The first-order chi connectivity index (χ1) is 13.6. The number of ether oxygens (including phenoxy) is 2. The lowest BCUT2D eigenvalue weighted by atomic mass is 9.80. The number of thiocarbonyl (C=S) groups is 1. The van der Waals surface area contributed by atoms with Crippen LogP contribution < -0.4 is 15.4 Å². The zero-order chi connectivity index (χ0) is 21.4. The van der Waals surface area contributed by atoms with Gasteiger partial charge in [-0.25, -0.2) is 0 Å². The van der Waals surface area contributed by atoms with E-state index in [9.17, 15) is 23.1 Å². The number of methoxy groups -OCH3 is 1. The number of esters is 1. The van der Waals surface area contributed by atoms with Gasteiger partial charge in [-0.1, -0.05) is 30.3 Å². The van der Waals surface area contributed by atoms with E-state index in [1.807, 2.05) is 5.32 Å². The van der Waals surface area contributed by atoms with Crippen LogP contribution >= 0.6 is 12.2 Å². The minimum atomic E-state index is -5.22. The van der Waals surface area contributed by atoms with Crippen LogP contribution in [0.15, 0.2) is 36.4 Å². The average molecular weight is 428 g/mol. The van der Waals surface area contributed by atoms with Crippen LogP contribution in [0, 0.1) is 5.92 Å². The number of fused-ring (bicyclic) bond motifs is 1. The molecule has 1 aliphatic heterocycles. The van der Waals surface area contributed by atoms with Gasteiger partial charge in [0, 0.05) is 5.56 Å². The molecule has 156 valence electrons. The van der Waals surface area contributed by atoms with Crippen LogP contribution in [-0.4, -0.2) is 41.8 Å². The highest BCUT2D eigenvalue weighted by Gasteiger charge is 2.66. The molecule has 0 spiro atoms. The smallest absolute Gasteiger partial charge is 0.437 e. The fraction of sp³-hybridized carbons (Fsp3) is 0.368. The van der Waals surface area contributed by atoms with Crippen molar-refractivity contribution >= 4 is 34.1 Å². The normalized spacial score (nSPS) is 24.6. The maximum Gasteiger partial charge on any atom is 0.437 e. The lowest BCUT2D eigenvalue weighted by Gasteiger charge is -2.45. The molecule has 3 atom stereocenters. The third-order valence-electron chi connectivity index (χ3n) is 4.81. The molecule has 0 amide bonds. The van der Waals surface area contributed by atoms with E-state index in [0.29, 0.717) is 10.8 Å². The van der Waals surface area contributed by atoms with Crippen LogP contribution in [0.25, 0.3) is 10.8 Å². The predicted octanol–water partition coefficient (Wildman–Crippen LogP) is 2.80. The highest BCUT2D eigenvalue weighted by Crippen LogP contribution is 2.46. The first-order valence-electron chi connectivity index (χ1n) is 8.74. The monoisotopic (exact) mass is 428 g/mol. The number of carbonyl (C=O) groups excluding carboxylic acids is 1. The molecule has 0 unspecified atom stereocenters. The van der Waals surface area contributed by atoms with Crippen molar-refractivity contribution in [2.45, 2.75) is 24.9 Å². The first-order valence-corrected chi connectivity index (χ1v) is 9.15. The fourth-order valence-corrected chi connectivity index (χ4v) is 3.83. The van der Waals surface area contributed by atoms with Crippen molar-refractivity contribution in [2.75, 3.05) is 13.7 Å². The Balaban J connectivity index is 2.29. The second-order valence-electron chi connectivity index (χ2n) is 6.47. The van der Waals surface area contributed by atoms with Crippen molar-refractivity contribution < 1.29 is 32.5 Å². The summed E-state index contributed by atoms with van der Waals surface area (Å²) in [6, 6.07) is 8.90. The van der Waals surface area contributed by atoms with Crippen molar-refractivity contribution in [3.63, 3.8) is 0 Å².